The van der Waals surface area contributed by atoms with E-state index in [2.05, 4.69) is 15.0 Å². The molecule has 162 valence electrons. The van der Waals surface area contributed by atoms with E-state index in [1.54, 1.807) is 31.6 Å². The standard InChI is InChI=1S/C23H23F2N3O3/c1-14-8-18(31-21(24)25)6-7-20(14)23(13-30-22(26)28-23)17-5-3-4-15(9-17)16-10-19(29-2)12-27-11-16/h3-12,21-22,28H,13,26H2,1-2H3. The number of hydrogen-bond donors (Lipinski definition) is 2. The molecule has 1 saturated heterocycles. The fraction of sp³-hybridized carbons (Fsp3) is 0.261. The highest BCUT2D eigenvalue weighted by Gasteiger charge is 2.42. The minimum Gasteiger partial charge on any atom is -0.495 e. The molecule has 2 aromatic carbocycles. The number of nitrogens with one attached hydrogen (secondary N) is 1. The van der Waals surface area contributed by atoms with E-state index in [4.69, 9.17) is 15.2 Å². The first-order chi connectivity index (χ1) is 14.9. The highest BCUT2D eigenvalue weighted by molar-refractivity contribution is 5.66. The number of ether oxygens (including phenoxy) is 3. The molecule has 4 rings (SSSR count). The van der Waals surface area contributed by atoms with Gasteiger partial charge in [-0.25, -0.2) is 0 Å². The zero-order chi connectivity index (χ0) is 22.0. The Labute approximate surface area is 179 Å². The molecule has 31 heavy (non-hydrogen) atoms. The number of nitrogens with zero attached hydrogens (tertiary/aromatic N) is 1. The Morgan fingerprint density at radius 3 is 2.65 bits per heavy atom. The zero-order valence-corrected chi connectivity index (χ0v) is 17.1. The summed E-state index contributed by atoms with van der Waals surface area (Å²) in [6.07, 6.45) is 2.74. The zero-order valence-electron chi connectivity index (χ0n) is 17.1. The van der Waals surface area contributed by atoms with Crippen LogP contribution in [0.1, 0.15) is 16.7 Å². The van der Waals surface area contributed by atoms with Crippen LogP contribution in [0.5, 0.6) is 11.5 Å². The summed E-state index contributed by atoms with van der Waals surface area (Å²) < 4.78 is 40.8. The molecule has 1 aliphatic heterocycles. The predicted octanol–water partition coefficient (Wildman–Crippen LogP) is 3.77. The largest absolute Gasteiger partial charge is 0.495 e. The molecule has 1 aliphatic rings. The minimum atomic E-state index is -2.88. The van der Waals surface area contributed by atoms with Gasteiger partial charge in [-0.05, 0) is 53.4 Å². The summed E-state index contributed by atoms with van der Waals surface area (Å²) in [6.45, 7) is -0.755. The van der Waals surface area contributed by atoms with Gasteiger partial charge < -0.3 is 14.2 Å². The molecular weight excluding hydrogens is 404 g/mol. The molecule has 1 fully saturated rings. The maximum Gasteiger partial charge on any atom is 0.387 e. The van der Waals surface area contributed by atoms with Crippen LogP contribution in [-0.2, 0) is 10.3 Å². The predicted molar refractivity (Wildman–Crippen MR) is 112 cm³/mol. The van der Waals surface area contributed by atoms with Crippen molar-refractivity contribution < 1.29 is 23.0 Å². The number of alkyl halides is 2. The Bertz CT molecular complexity index is 1080. The number of benzene rings is 2. The lowest BCUT2D eigenvalue weighted by atomic mass is 9.80. The molecule has 0 bridgehead atoms. The van der Waals surface area contributed by atoms with Crippen LogP contribution in [0.15, 0.2) is 60.9 Å². The summed E-state index contributed by atoms with van der Waals surface area (Å²) in [5, 5.41) is 3.33. The third-order valence-electron chi connectivity index (χ3n) is 5.39. The van der Waals surface area contributed by atoms with Crippen LogP contribution >= 0.6 is 0 Å². The number of aromatic nitrogens is 1. The summed E-state index contributed by atoms with van der Waals surface area (Å²) in [6, 6.07) is 14.7. The van der Waals surface area contributed by atoms with Crippen molar-refractivity contribution in [2.45, 2.75) is 25.4 Å². The maximum atomic E-state index is 12.6. The topological polar surface area (TPSA) is 78.6 Å². The average Bonchev–Trinajstić information content (AvgIpc) is 3.16. The first kappa shape index (κ1) is 21.2. The van der Waals surface area contributed by atoms with Crippen molar-refractivity contribution in [1.29, 1.82) is 0 Å². The highest BCUT2D eigenvalue weighted by atomic mass is 19.3. The van der Waals surface area contributed by atoms with Crippen molar-refractivity contribution in [3.8, 4) is 22.6 Å². The van der Waals surface area contributed by atoms with Crippen molar-refractivity contribution in [1.82, 2.24) is 10.3 Å². The molecule has 0 spiro atoms. The van der Waals surface area contributed by atoms with E-state index in [9.17, 15) is 8.78 Å². The minimum absolute atomic E-state index is 0.103. The molecule has 0 saturated carbocycles. The Morgan fingerprint density at radius 2 is 1.97 bits per heavy atom. The monoisotopic (exact) mass is 427 g/mol. The van der Waals surface area contributed by atoms with Crippen LogP contribution in [0.4, 0.5) is 8.78 Å². The van der Waals surface area contributed by atoms with Crippen LogP contribution in [0.3, 0.4) is 0 Å². The fourth-order valence-corrected chi connectivity index (χ4v) is 3.96. The summed E-state index contributed by atoms with van der Waals surface area (Å²) in [5.41, 5.74) is 9.69. The highest BCUT2D eigenvalue weighted by Crippen LogP contribution is 2.38. The van der Waals surface area contributed by atoms with E-state index >= 15 is 0 Å². The summed E-state index contributed by atoms with van der Waals surface area (Å²) in [4.78, 5) is 4.23. The second-order valence-corrected chi connectivity index (χ2v) is 7.33. The number of nitrogens with two attached hydrogens (primary N) is 1. The summed E-state index contributed by atoms with van der Waals surface area (Å²) in [5.74, 6) is 0.762. The van der Waals surface area contributed by atoms with Crippen LogP contribution in [0, 0.1) is 6.92 Å². The second-order valence-electron chi connectivity index (χ2n) is 7.33. The van der Waals surface area contributed by atoms with Gasteiger partial charge in [-0.2, -0.15) is 8.78 Å². The third kappa shape index (κ3) is 4.23. The lowest BCUT2D eigenvalue weighted by Crippen LogP contribution is -2.46. The molecule has 2 heterocycles. The van der Waals surface area contributed by atoms with Crippen molar-refractivity contribution in [2.24, 2.45) is 5.73 Å². The average molecular weight is 427 g/mol. The number of halogens is 2. The van der Waals surface area contributed by atoms with Crippen LogP contribution in [-0.4, -0.2) is 31.7 Å². The van der Waals surface area contributed by atoms with E-state index in [0.29, 0.717) is 5.75 Å². The third-order valence-corrected chi connectivity index (χ3v) is 5.39. The molecule has 0 aliphatic carbocycles. The van der Waals surface area contributed by atoms with Gasteiger partial charge in [-0.15, -0.1) is 0 Å². The van der Waals surface area contributed by atoms with Gasteiger partial charge in [0.15, 0.2) is 6.35 Å². The molecular formula is C23H23F2N3O3. The van der Waals surface area contributed by atoms with E-state index in [1.165, 1.54) is 6.07 Å². The molecule has 8 heteroatoms. The Kier molecular flexibility index (Phi) is 5.86. The van der Waals surface area contributed by atoms with Gasteiger partial charge in [0.1, 0.15) is 11.5 Å². The van der Waals surface area contributed by atoms with Gasteiger partial charge in [0, 0.05) is 11.8 Å². The molecule has 2 atom stereocenters. The first-order valence-electron chi connectivity index (χ1n) is 9.72. The van der Waals surface area contributed by atoms with Crippen molar-refractivity contribution in [3.05, 3.63) is 77.6 Å². The molecule has 0 amide bonds. The smallest absolute Gasteiger partial charge is 0.387 e. The van der Waals surface area contributed by atoms with Crippen molar-refractivity contribution in [2.75, 3.05) is 13.7 Å². The molecule has 6 nitrogen and oxygen atoms in total. The number of aryl methyl sites for hydroxylation is 1. The van der Waals surface area contributed by atoms with E-state index in [0.717, 1.165) is 27.8 Å². The van der Waals surface area contributed by atoms with Gasteiger partial charge in [0.2, 0.25) is 0 Å². The second kappa shape index (κ2) is 8.58. The van der Waals surface area contributed by atoms with Crippen molar-refractivity contribution in [3.63, 3.8) is 0 Å². The lowest BCUT2D eigenvalue weighted by Gasteiger charge is -2.31. The molecule has 3 N–H and O–H groups in total. The quantitative estimate of drug-likeness (QED) is 0.624. The van der Waals surface area contributed by atoms with Gasteiger partial charge in [0.25, 0.3) is 0 Å². The Hall–Kier alpha value is -3.07. The van der Waals surface area contributed by atoms with Gasteiger partial charge in [-0.3, -0.25) is 16.0 Å². The van der Waals surface area contributed by atoms with Gasteiger partial charge in [0.05, 0.1) is 25.5 Å². The van der Waals surface area contributed by atoms with Crippen molar-refractivity contribution >= 4 is 0 Å². The number of methoxy groups -OCH3 is 1. The van der Waals surface area contributed by atoms with Gasteiger partial charge >= 0.3 is 6.61 Å². The molecule has 3 aromatic rings. The number of pyridine rings is 1. The van der Waals surface area contributed by atoms with Crippen LogP contribution < -0.4 is 20.5 Å². The number of rotatable bonds is 6. The van der Waals surface area contributed by atoms with E-state index < -0.39 is 18.5 Å². The van der Waals surface area contributed by atoms with Gasteiger partial charge in [-0.1, -0.05) is 24.3 Å². The normalized spacial score (nSPS) is 20.8. The maximum absolute atomic E-state index is 12.6. The Morgan fingerprint density at radius 1 is 1.13 bits per heavy atom. The molecule has 2 unspecified atom stereocenters. The number of hydrogen-bond acceptors (Lipinski definition) is 6. The van der Waals surface area contributed by atoms with Crippen LogP contribution in [0.25, 0.3) is 11.1 Å². The van der Waals surface area contributed by atoms with E-state index in [-0.39, 0.29) is 12.4 Å². The summed E-state index contributed by atoms with van der Waals surface area (Å²) in [7, 11) is 1.59. The molecule has 1 aromatic heterocycles. The fourth-order valence-electron chi connectivity index (χ4n) is 3.96. The Balaban J connectivity index is 1.79. The molecule has 0 radical (unpaired) electrons. The summed E-state index contributed by atoms with van der Waals surface area (Å²) >= 11 is 0. The SMILES string of the molecule is COc1cncc(-c2cccc(C3(c4ccc(OC(F)F)cc4C)COC(N)N3)c2)c1. The lowest BCUT2D eigenvalue weighted by molar-refractivity contribution is -0.0498. The van der Waals surface area contributed by atoms with Crippen LogP contribution in [0.2, 0.25) is 0 Å². The first-order valence-corrected chi connectivity index (χ1v) is 9.72. The van der Waals surface area contributed by atoms with E-state index in [1.807, 2.05) is 37.3 Å².